The Morgan fingerprint density at radius 1 is 1.08 bits per heavy atom. The molecule has 0 N–H and O–H groups in total. The fourth-order valence-electron chi connectivity index (χ4n) is 4.65. The van der Waals surface area contributed by atoms with Crippen LogP contribution in [0.4, 0.5) is 5.13 Å². The van der Waals surface area contributed by atoms with Gasteiger partial charge >= 0.3 is 0 Å². The number of hydrogen-bond donors (Lipinski definition) is 0. The predicted octanol–water partition coefficient (Wildman–Crippen LogP) is 5.50. The summed E-state index contributed by atoms with van der Waals surface area (Å²) < 4.78 is 29.1. The van der Waals surface area contributed by atoms with Crippen LogP contribution in [0.15, 0.2) is 41.3 Å². The summed E-state index contributed by atoms with van der Waals surface area (Å²) in [6.07, 6.45) is 3.60. The van der Waals surface area contributed by atoms with Gasteiger partial charge in [0.05, 0.1) is 15.1 Å². The van der Waals surface area contributed by atoms with E-state index in [1.165, 1.54) is 16.9 Å². The molecule has 1 unspecified atom stereocenters. The predicted molar refractivity (Wildman–Crippen MR) is 155 cm³/mol. The molecule has 10 heteroatoms. The molecule has 0 radical (unpaired) electrons. The van der Waals surface area contributed by atoms with Gasteiger partial charge in [-0.3, -0.25) is 9.69 Å². The number of hydrogen-bond acceptors (Lipinski definition) is 6. The van der Waals surface area contributed by atoms with Gasteiger partial charge in [-0.1, -0.05) is 23.8 Å². The van der Waals surface area contributed by atoms with Gasteiger partial charge < -0.3 is 4.90 Å². The Hall–Kier alpha value is -2.04. The minimum Gasteiger partial charge on any atom is -0.309 e. The molecule has 2 aromatic carbocycles. The first-order valence-electron chi connectivity index (χ1n) is 12.5. The van der Waals surface area contributed by atoms with E-state index in [1.807, 2.05) is 21.0 Å². The number of carbonyl (C=O) groups excluding carboxylic acids is 1. The van der Waals surface area contributed by atoms with Gasteiger partial charge in [0.25, 0.3) is 5.91 Å². The maximum atomic E-state index is 13.7. The summed E-state index contributed by atoms with van der Waals surface area (Å²) in [5.74, 6) is -0.169. The molecule has 1 fully saturated rings. The van der Waals surface area contributed by atoms with E-state index in [1.54, 1.807) is 33.5 Å². The average Bonchev–Trinajstić information content (AvgIpc) is 3.28. The van der Waals surface area contributed by atoms with Crippen molar-refractivity contribution >= 4 is 55.0 Å². The molecule has 1 aliphatic rings. The van der Waals surface area contributed by atoms with Crippen molar-refractivity contribution in [1.82, 2.24) is 14.2 Å². The molecule has 7 nitrogen and oxygen atoms in total. The Morgan fingerprint density at radius 2 is 1.78 bits per heavy atom. The number of anilines is 1. The van der Waals surface area contributed by atoms with Gasteiger partial charge in [0, 0.05) is 24.7 Å². The highest BCUT2D eigenvalue weighted by Crippen LogP contribution is 2.33. The second-order valence-corrected chi connectivity index (χ2v) is 12.8. The largest absolute Gasteiger partial charge is 0.309 e. The third-order valence-electron chi connectivity index (χ3n) is 6.99. The van der Waals surface area contributed by atoms with Crippen molar-refractivity contribution in [2.45, 2.75) is 57.4 Å². The van der Waals surface area contributed by atoms with Crippen molar-refractivity contribution in [1.29, 1.82) is 0 Å². The van der Waals surface area contributed by atoms with Crippen LogP contribution in [0.1, 0.15) is 54.1 Å². The molecular weight excluding hydrogens is 528 g/mol. The summed E-state index contributed by atoms with van der Waals surface area (Å²) in [5.41, 5.74) is 3.68. The number of thiazole rings is 1. The summed E-state index contributed by atoms with van der Waals surface area (Å²) in [5, 5.41) is 0.668. The van der Waals surface area contributed by atoms with E-state index in [2.05, 4.69) is 30.9 Å². The van der Waals surface area contributed by atoms with Crippen LogP contribution in [0, 0.1) is 13.8 Å². The number of aryl methyl sites for hydroxylation is 2. The van der Waals surface area contributed by atoms with E-state index in [9.17, 15) is 13.2 Å². The zero-order chi connectivity index (χ0) is 26.0. The second kappa shape index (κ2) is 12.2. The Morgan fingerprint density at radius 3 is 2.43 bits per heavy atom. The topological polar surface area (TPSA) is 73.8 Å². The molecule has 4 rings (SSSR count). The summed E-state index contributed by atoms with van der Waals surface area (Å²) in [6.45, 7) is 8.00. The number of aromatic nitrogens is 1. The normalized spacial score (nSPS) is 16.6. The number of benzene rings is 2. The Labute approximate surface area is 230 Å². The molecule has 1 aromatic heterocycles. The van der Waals surface area contributed by atoms with E-state index in [4.69, 9.17) is 4.98 Å². The molecule has 0 aliphatic carbocycles. The van der Waals surface area contributed by atoms with Crippen LogP contribution in [0.2, 0.25) is 0 Å². The van der Waals surface area contributed by atoms with Crippen LogP contribution in [-0.2, 0) is 10.0 Å². The number of fused-ring (bicyclic) bond motifs is 1. The van der Waals surface area contributed by atoms with Crippen LogP contribution < -0.4 is 4.90 Å². The van der Waals surface area contributed by atoms with Crippen molar-refractivity contribution in [2.24, 2.45) is 0 Å². The number of piperidine rings is 1. The smallest absolute Gasteiger partial charge is 0.260 e. The number of rotatable bonds is 8. The van der Waals surface area contributed by atoms with Crippen molar-refractivity contribution in [3.63, 3.8) is 0 Å². The van der Waals surface area contributed by atoms with Crippen LogP contribution >= 0.6 is 23.7 Å². The number of nitrogens with zero attached hydrogens (tertiary/aromatic N) is 4. The summed E-state index contributed by atoms with van der Waals surface area (Å²) >= 11 is 1.51. The fourth-order valence-corrected chi connectivity index (χ4v) is 7.40. The van der Waals surface area contributed by atoms with Gasteiger partial charge in [-0.05, 0) is 102 Å². The molecule has 202 valence electrons. The second-order valence-electron chi connectivity index (χ2n) is 9.95. The zero-order valence-corrected chi connectivity index (χ0v) is 24.7. The molecule has 2 heterocycles. The van der Waals surface area contributed by atoms with Gasteiger partial charge in [-0.25, -0.2) is 13.4 Å². The fraction of sp³-hybridized carbons (Fsp3) is 0.481. The lowest BCUT2D eigenvalue weighted by atomic mass is 10.1. The maximum absolute atomic E-state index is 13.7. The standard InChI is InChI=1S/C27H36N4O3S2.ClH/c1-19-10-15-24-25(21(19)3)28-27(35-24)30(17-8-16-29(4)5)26(32)22-11-13-23(14-12-22)36(33,34)31-18-7-6-9-20(31)2;/h10-15,20H,6-9,16-18H2,1-5H3;1H. The number of halogens is 1. The van der Waals surface area contributed by atoms with E-state index < -0.39 is 10.0 Å². The molecule has 0 spiro atoms. The van der Waals surface area contributed by atoms with Crippen molar-refractivity contribution in [3.8, 4) is 0 Å². The maximum Gasteiger partial charge on any atom is 0.260 e. The van der Waals surface area contributed by atoms with Crippen LogP contribution in [0.25, 0.3) is 10.2 Å². The first-order valence-corrected chi connectivity index (χ1v) is 14.8. The van der Waals surface area contributed by atoms with Gasteiger partial charge in [0.1, 0.15) is 0 Å². The molecule has 37 heavy (non-hydrogen) atoms. The molecule has 1 saturated heterocycles. The molecular formula is C27H37ClN4O3S2. The monoisotopic (exact) mass is 564 g/mol. The minimum atomic E-state index is -3.58. The van der Waals surface area contributed by atoms with Crippen LogP contribution in [0.3, 0.4) is 0 Å². The van der Waals surface area contributed by atoms with Crippen LogP contribution in [0.5, 0.6) is 0 Å². The third kappa shape index (κ3) is 6.34. The Kier molecular flexibility index (Phi) is 9.74. The summed E-state index contributed by atoms with van der Waals surface area (Å²) in [6, 6.07) is 10.5. The molecule has 0 bridgehead atoms. The van der Waals surface area contributed by atoms with Crippen LogP contribution in [-0.4, -0.2) is 68.3 Å². The summed E-state index contributed by atoms with van der Waals surface area (Å²) in [4.78, 5) is 22.6. The van der Waals surface area contributed by atoms with Gasteiger partial charge in [-0.15, -0.1) is 12.4 Å². The van der Waals surface area contributed by atoms with Gasteiger partial charge in [0.2, 0.25) is 10.0 Å². The lowest BCUT2D eigenvalue weighted by molar-refractivity contribution is 0.0986. The highest BCUT2D eigenvalue weighted by molar-refractivity contribution is 7.89. The molecule has 1 atom stereocenters. The van der Waals surface area contributed by atoms with Crippen molar-refractivity contribution < 1.29 is 13.2 Å². The molecule has 1 aliphatic heterocycles. The van der Waals surface area contributed by atoms with Gasteiger partial charge in [-0.2, -0.15) is 4.31 Å². The lowest BCUT2D eigenvalue weighted by Crippen LogP contribution is -2.41. The van der Waals surface area contributed by atoms with Gasteiger partial charge in [0.15, 0.2) is 5.13 Å². The molecule has 0 saturated carbocycles. The van der Waals surface area contributed by atoms with E-state index >= 15 is 0 Å². The highest BCUT2D eigenvalue weighted by Gasteiger charge is 2.31. The zero-order valence-electron chi connectivity index (χ0n) is 22.2. The molecule has 1 amide bonds. The minimum absolute atomic E-state index is 0. The quantitative estimate of drug-likeness (QED) is 0.361. The Bertz CT molecular complexity index is 1340. The van der Waals surface area contributed by atoms with Crippen molar-refractivity contribution in [2.75, 3.05) is 38.6 Å². The molecule has 3 aromatic rings. The number of amides is 1. The van der Waals surface area contributed by atoms with E-state index in [0.29, 0.717) is 23.8 Å². The summed E-state index contributed by atoms with van der Waals surface area (Å²) in [7, 11) is 0.441. The lowest BCUT2D eigenvalue weighted by Gasteiger charge is -2.32. The number of carbonyl (C=O) groups is 1. The van der Waals surface area contributed by atoms with E-state index in [0.717, 1.165) is 48.0 Å². The van der Waals surface area contributed by atoms with E-state index in [-0.39, 0.29) is 29.3 Å². The van der Waals surface area contributed by atoms with Crippen molar-refractivity contribution in [3.05, 3.63) is 53.1 Å². The first-order chi connectivity index (χ1) is 17.1. The number of sulfonamides is 1. The SMILES string of the molecule is Cc1ccc2sc(N(CCCN(C)C)C(=O)c3ccc(S(=O)(=O)N4CCCCC4C)cc3)nc2c1C.Cl. The third-order valence-corrected chi connectivity index (χ3v) is 10.1. The average molecular weight is 565 g/mol. The Balaban J connectivity index is 0.00000380. The first kappa shape index (κ1) is 29.5. The highest BCUT2D eigenvalue weighted by atomic mass is 35.5.